The number of ether oxygens (including phenoxy) is 3. The van der Waals surface area contributed by atoms with Gasteiger partial charge in [-0.2, -0.15) is 0 Å². The lowest BCUT2D eigenvalue weighted by molar-refractivity contribution is -0.144. The first-order chi connectivity index (χ1) is 13.2. The molecule has 9 heteroatoms. The summed E-state index contributed by atoms with van der Waals surface area (Å²) in [5, 5.41) is 5.09. The minimum Gasteiger partial charge on any atom is -0.473 e. The van der Waals surface area contributed by atoms with Crippen LogP contribution in [-0.4, -0.2) is 42.2 Å². The molecule has 0 spiro atoms. The van der Waals surface area contributed by atoms with Gasteiger partial charge < -0.3 is 19.5 Å². The van der Waals surface area contributed by atoms with Crippen LogP contribution in [-0.2, 0) is 32.2 Å². The molecule has 0 unspecified atom stereocenters. The van der Waals surface area contributed by atoms with E-state index in [1.807, 2.05) is 30.3 Å². The molecule has 3 rings (SSSR count). The molecule has 1 N–H and O–H groups in total. The molecule has 2 heterocycles. The van der Waals surface area contributed by atoms with Crippen molar-refractivity contribution in [3.05, 3.63) is 52.0 Å². The minimum atomic E-state index is -0.656. The number of carbonyl (C=O) groups is 2. The number of carbonyl (C=O) groups excluding carboxylic acids is 2. The maximum Gasteiger partial charge on any atom is 0.407 e. The fraction of sp³-hybridized carbons (Fsp3) is 0.333. The second-order valence-electron chi connectivity index (χ2n) is 5.55. The third-order valence-corrected chi connectivity index (χ3v) is 4.43. The Morgan fingerprint density at radius 1 is 1.30 bits per heavy atom. The summed E-state index contributed by atoms with van der Waals surface area (Å²) in [4.78, 5) is 32.0. The smallest absolute Gasteiger partial charge is 0.407 e. The Balaban J connectivity index is 1.47. The predicted molar refractivity (Wildman–Crippen MR) is 98.5 cm³/mol. The number of aliphatic imine (C=N–C) groups is 1. The van der Waals surface area contributed by atoms with E-state index < -0.39 is 18.1 Å². The van der Waals surface area contributed by atoms with E-state index >= 15 is 0 Å². The van der Waals surface area contributed by atoms with Gasteiger partial charge in [0.1, 0.15) is 23.9 Å². The van der Waals surface area contributed by atoms with Crippen LogP contribution in [0.25, 0.3) is 0 Å². The molecule has 1 aliphatic heterocycles. The van der Waals surface area contributed by atoms with E-state index in [-0.39, 0.29) is 19.8 Å². The number of nitrogens with zero attached hydrogens (tertiary/aromatic N) is 2. The number of esters is 1. The molecule has 8 nitrogen and oxygen atoms in total. The number of thiazole rings is 1. The number of hydrogen-bond donors (Lipinski definition) is 1. The van der Waals surface area contributed by atoms with Crippen molar-refractivity contribution in [3.63, 3.8) is 0 Å². The van der Waals surface area contributed by atoms with Gasteiger partial charge in [-0.25, -0.2) is 19.6 Å². The lowest BCUT2D eigenvalue weighted by Gasteiger charge is -2.05. The molecule has 1 amide bonds. The van der Waals surface area contributed by atoms with Crippen molar-refractivity contribution < 1.29 is 23.8 Å². The van der Waals surface area contributed by atoms with E-state index in [2.05, 4.69) is 15.3 Å². The Labute approximate surface area is 160 Å². The van der Waals surface area contributed by atoms with Crippen LogP contribution in [0.15, 0.2) is 40.7 Å². The van der Waals surface area contributed by atoms with Crippen molar-refractivity contribution in [2.75, 3.05) is 13.2 Å². The zero-order chi connectivity index (χ0) is 19.1. The highest BCUT2D eigenvalue weighted by Crippen LogP contribution is 2.16. The van der Waals surface area contributed by atoms with E-state index in [9.17, 15) is 9.59 Å². The summed E-state index contributed by atoms with van der Waals surface area (Å²) in [6.45, 7) is 2.61. The Hall–Kier alpha value is -2.94. The molecule has 0 bridgehead atoms. The van der Waals surface area contributed by atoms with Gasteiger partial charge in [0.05, 0.1) is 13.2 Å². The first-order valence-electron chi connectivity index (χ1n) is 8.42. The van der Waals surface area contributed by atoms with Crippen molar-refractivity contribution in [2.24, 2.45) is 4.99 Å². The molecule has 27 heavy (non-hydrogen) atoms. The quantitative estimate of drug-likeness (QED) is 0.730. The Morgan fingerprint density at radius 2 is 2.11 bits per heavy atom. The molecular weight excluding hydrogens is 370 g/mol. The van der Waals surface area contributed by atoms with Gasteiger partial charge in [0.15, 0.2) is 6.04 Å². The van der Waals surface area contributed by atoms with Crippen LogP contribution in [0, 0.1) is 0 Å². The van der Waals surface area contributed by atoms with Crippen molar-refractivity contribution >= 4 is 29.3 Å². The first-order valence-corrected chi connectivity index (χ1v) is 9.30. The first kappa shape index (κ1) is 18.8. The van der Waals surface area contributed by atoms with Gasteiger partial charge in [0, 0.05) is 5.38 Å². The average Bonchev–Trinajstić information content (AvgIpc) is 3.35. The average molecular weight is 389 g/mol. The van der Waals surface area contributed by atoms with E-state index in [4.69, 9.17) is 14.2 Å². The van der Waals surface area contributed by atoms with Crippen molar-refractivity contribution in [2.45, 2.75) is 26.1 Å². The Bertz CT molecular complexity index is 821. The van der Waals surface area contributed by atoms with E-state index in [1.54, 1.807) is 12.3 Å². The van der Waals surface area contributed by atoms with Gasteiger partial charge >= 0.3 is 12.1 Å². The van der Waals surface area contributed by atoms with Crippen LogP contribution in [0.3, 0.4) is 0 Å². The van der Waals surface area contributed by atoms with E-state index in [0.717, 1.165) is 5.56 Å². The largest absolute Gasteiger partial charge is 0.473 e. The lowest BCUT2D eigenvalue weighted by Crippen LogP contribution is -2.23. The number of hydrogen-bond acceptors (Lipinski definition) is 8. The monoisotopic (exact) mass is 389 g/mol. The third kappa shape index (κ3) is 5.27. The molecule has 1 aromatic heterocycles. The predicted octanol–water partition coefficient (Wildman–Crippen LogP) is 2.28. The van der Waals surface area contributed by atoms with Crippen molar-refractivity contribution in [3.8, 4) is 0 Å². The summed E-state index contributed by atoms with van der Waals surface area (Å²) in [6.07, 6.45) is -0.521. The summed E-state index contributed by atoms with van der Waals surface area (Å²) in [5.41, 5.74) is 1.44. The maximum absolute atomic E-state index is 11.8. The Morgan fingerprint density at radius 3 is 2.89 bits per heavy atom. The maximum atomic E-state index is 11.8. The molecule has 0 fully saturated rings. The summed E-state index contributed by atoms with van der Waals surface area (Å²) < 4.78 is 15.5. The normalized spacial score (nSPS) is 15.6. The van der Waals surface area contributed by atoms with Crippen LogP contribution < -0.4 is 5.32 Å². The molecule has 0 saturated heterocycles. The van der Waals surface area contributed by atoms with Gasteiger partial charge in [-0.1, -0.05) is 30.3 Å². The molecule has 1 atom stereocenters. The SMILES string of the molecule is CCOC(=O)[C@H]1COC(c2csc(CNC(=O)OCc3ccccc3)n2)=N1. The number of alkyl carbamates (subject to hydrolysis) is 1. The lowest BCUT2D eigenvalue weighted by atomic mass is 10.2. The molecule has 142 valence electrons. The van der Waals surface area contributed by atoms with Gasteiger partial charge in [-0.15, -0.1) is 11.3 Å². The molecule has 0 radical (unpaired) electrons. The second-order valence-corrected chi connectivity index (χ2v) is 6.50. The van der Waals surface area contributed by atoms with Crippen LogP contribution in [0.4, 0.5) is 4.79 Å². The summed E-state index contributed by atoms with van der Waals surface area (Å²) >= 11 is 1.35. The molecule has 0 saturated carbocycles. The van der Waals surface area contributed by atoms with Gasteiger partial charge in [-0.3, -0.25) is 0 Å². The molecule has 1 aliphatic rings. The number of nitrogens with one attached hydrogen (secondary N) is 1. The van der Waals surface area contributed by atoms with Gasteiger partial charge in [0.25, 0.3) is 0 Å². The van der Waals surface area contributed by atoms with E-state index in [1.165, 1.54) is 11.3 Å². The topological polar surface area (TPSA) is 99.1 Å². The van der Waals surface area contributed by atoms with Crippen molar-refractivity contribution in [1.29, 1.82) is 0 Å². The molecule has 2 aromatic rings. The zero-order valence-corrected chi connectivity index (χ0v) is 15.5. The Kier molecular flexibility index (Phi) is 6.37. The number of benzene rings is 1. The summed E-state index contributed by atoms with van der Waals surface area (Å²) in [6, 6.07) is 8.77. The minimum absolute atomic E-state index is 0.144. The van der Waals surface area contributed by atoms with Crippen LogP contribution in [0.1, 0.15) is 23.2 Å². The number of rotatable bonds is 7. The highest BCUT2D eigenvalue weighted by Gasteiger charge is 2.28. The van der Waals surface area contributed by atoms with Gasteiger partial charge in [0.2, 0.25) is 5.90 Å². The fourth-order valence-electron chi connectivity index (χ4n) is 2.29. The standard InChI is InChI=1S/C18H19N3O5S/c1-2-24-17(22)13-10-25-16(21-13)14-11-27-15(20-14)8-19-18(23)26-9-12-6-4-3-5-7-12/h3-7,11,13H,2,8-10H2,1H3,(H,19,23)/t13-/m1/s1. The van der Waals surface area contributed by atoms with E-state index in [0.29, 0.717) is 23.2 Å². The third-order valence-electron chi connectivity index (χ3n) is 3.58. The van der Waals surface area contributed by atoms with Crippen molar-refractivity contribution in [1.82, 2.24) is 10.3 Å². The number of amides is 1. The van der Waals surface area contributed by atoms with Crippen LogP contribution in [0.5, 0.6) is 0 Å². The summed E-state index contributed by atoms with van der Waals surface area (Å²) in [5.74, 6) is -0.104. The van der Waals surface area contributed by atoms with Crippen LogP contribution in [0.2, 0.25) is 0 Å². The molecular formula is C18H19N3O5S. The highest BCUT2D eigenvalue weighted by atomic mass is 32.1. The highest BCUT2D eigenvalue weighted by molar-refractivity contribution is 7.09. The van der Waals surface area contributed by atoms with Crippen LogP contribution >= 0.6 is 11.3 Å². The summed E-state index contributed by atoms with van der Waals surface area (Å²) in [7, 11) is 0. The molecule has 0 aliphatic carbocycles. The van der Waals surface area contributed by atoms with Gasteiger partial charge in [-0.05, 0) is 12.5 Å². The molecule has 1 aromatic carbocycles. The second kappa shape index (κ2) is 9.13. The fourth-order valence-corrected chi connectivity index (χ4v) is 2.99. The number of aromatic nitrogens is 1. The zero-order valence-electron chi connectivity index (χ0n) is 14.7.